The van der Waals surface area contributed by atoms with Crippen LogP contribution in [0.25, 0.3) is 0 Å². The summed E-state index contributed by atoms with van der Waals surface area (Å²) in [4.78, 5) is 23.0. The fourth-order valence-corrected chi connectivity index (χ4v) is 2.97. The minimum absolute atomic E-state index is 0.190. The summed E-state index contributed by atoms with van der Waals surface area (Å²) in [5.41, 5.74) is 0.237. The fraction of sp³-hybridized carbons (Fsp3) is 0.467. The first-order valence-electron chi connectivity index (χ1n) is 7.56. The van der Waals surface area contributed by atoms with Gasteiger partial charge in [0.05, 0.1) is 4.90 Å². The zero-order valence-electron chi connectivity index (χ0n) is 14.3. The van der Waals surface area contributed by atoms with Gasteiger partial charge in [0.15, 0.2) is 0 Å². The number of halogens is 3. The Kier molecular flexibility index (Phi) is 7.16. The second-order valence-electron chi connectivity index (χ2n) is 5.88. The summed E-state index contributed by atoms with van der Waals surface area (Å²) in [5.74, 6) is -1.07. The monoisotopic (exact) mass is 395 g/mol. The second-order valence-corrected chi connectivity index (χ2v) is 7.64. The normalized spacial score (nSPS) is 13.3. The minimum Gasteiger partial charge on any atom is -0.344 e. The van der Waals surface area contributed by atoms with Crippen molar-refractivity contribution in [2.75, 3.05) is 11.9 Å². The van der Waals surface area contributed by atoms with E-state index in [2.05, 4.69) is 10.6 Å². The van der Waals surface area contributed by atoms with Gasteiger partial charge in [-0.1, -0.05) is 13.8 Å². The Bertz CT molecular complexity index is 746. The third-order valence-corrected chi connectivity index (χ3v) is 4.62. The summed E-state index contributed by atoms with van der Waals surface area (Å²) in [7, 11) is -4.32. The van der Waals surface area contributed by atoms with Crippen LogP contribution in [0, 0.1) is 5.92 Å². The number of amides is 2. The van der Waals surface area contributed by atoms with Crippen LogP contribution in [0.3, 0.4) is 0 Å². The molecular formula is C15H20F3N3O4S. The lowest BCUT2D eigenvalue weighted by Gasteiger charge is -2.21. The van der Waals surface area contributed by atoms with Crippen molar-refractivity contribution in [3.8, 4) is 0 Å². The SMILES string of the molecule is CC(=O)N[C@@H](C(=O)Nc1ccc(S(=O)(=O)NCC(F)(F)F)cc1)C(C)C. The quantitative estimate of drug-likeness (QED) is 0.653. The molecule has 1 aromatic rings. The number of rotatable bonds is 7. The zero-order valence-corrected chi connectivity index (χ0v) is 15.2. The van der Waals surface area contributed by atoms with Gasteiger partial charge in [-0.05, 0) is 30.2 Å². The molecule has 11 heteroatoms. The van der Waals surface area contributed by atoms with E-state index < -0.39 is 34.7 Å². The molecule has 0 aliphatic rings. The molecule has 26 heavy (non-hydrogen) atoms. The Labute approximate surface area is 149 Å². The summed E-state index contributed by atoms with van der Waals surface area (Å²) in [5, 5.41) is 5.02. The third kappa shape index (κ3) is 7.00. The summed E-state index contributed by atoms with van der Waals surface area (Å²) in [6.45, 7) is 3.07. The first-order valence-corrected chi connectivity index (χ1v) is 9.04. The van der Waals surface area contributed by atoms with E-state index in [4.69, 9.17) is 0 Å². The van der Waals surface area contributed by atoms with Gasteiger partial charge in [0.25, 0.3) is 0 Å². The van der Waals surface area contributed by atoms with E-state index in [-0.39, 0.29) is 22.4 Å². The van der Waals surface area contributed by atoms with Crippen molar-refractivity contribution in [1.29, 1.82) is 0 Å². The first kappa shape index (κ1) is 21.9. The molecule has 0 aromatic heterocycles. The van der Waals surface area contributed by atoms with Crippen LogP contribution in [0.2, 0.25) is 0 Å². The molecule has 146 valence electrons. The molecule has 1 aromatic carbocycles. The van der Waals surface area contributed by atoms with E-state index in [0.717, 1.165) is 12.1 Å². The van der Waals surface area contributed by atoms with Crippen molar-refractivity contribution in [2.24, 2.45) is 5.92 Å². The number of nitrogens with one attached hydrogen (secondary N) is 3. The highest BCUT2D eigenvalue weighted by molar-refractivity contribution is 7.89. The smallest absolute Gasteiger partial charge is 0.344 e. The highest BCUT2D eigenvalue weighted by atomic mass is 32.2. The molecule has 0 spiro atoms. The van der Waals surface area contributed by atoms with Crippen LogP contribution in [-0.4, -0.2) is 39.0 Å². The molecule has 3 N–H and O–H groups in total. The largest absolute Gasteiger partial charge is 0.402 e. The zero-order chi connectivity index (χ0) is 20.1. The summed E-state index contributed by atoms with van der Waals surface area (Å²) < 4.78 is 61.4. The summed E-state index contributed by atoms with van der Waals surface area (Å²) in [6.07, 6.45) is -4.67. The first-order chi connectivity index (χ1) is 11.8. The highest BCUT2D eigenvalue weighted by Gasteiger charge is 2.30. The minimum atomic E-state index is -4.67. The molecular weight excluding hydrogens is 375 g/mol. The van der Waals surface area contributed by atoms with Gasteiger partial charge in [0, 0.05) is 12.6 Å². The standard InChI is InChI=1S/C15H20F3N3O4S/c1-9(2)13(20-10(3)22)14(23)21-11-4-6-12(7-5-11)26(24,25)19-8-15(16,17)18/h4-7,9,13,19H,8H2,1-3H3,(H,20,22)(H,21,23)/t13-/m1/s1. The van der Waals surface area contributed by atoms with Crippen molar-refractivity contribution in [2.45, 2.75) is 37.9 Å². The predicted molar refractivity (Wildman–Crippen MR) is 88.8 cm³/mol. The number of carbonyl (C=O) groups is 2. The molecule has 0 radical (unpaired) electrons. The number of hydrogen-bond acceptors (Lipinski definition) is 4. The Balaban J connectivity index is 2.84. The predicted octanol–water partition coefficient (Wildman–Crippen LogP) is 1.63. The molecule has 0 saturated carbocycles. The molecule has 0 unspecified atom stereocenters. The summed E-state index contributed by atoms with van der Waals surface area (Å²) in [6, 6.07) is 3.83. The van der Waals surface area contributed by atoms with Gasteiger partial charge in [-0.25, -0.2) is 13.1 Å². The van der Waals surface area contributed by atoms with Gasteiger partial charge < -0.3 is 10.6 Å². The maximum absolute atomic E-state index is 12.2. The van der Waals surface area contributed by atoms with Crippen LogP contribution in [0.1, 0.15) is 20.8 Å². The van der Waals surface area contributed by atoms with Crippen molar-refractivity contribution < 1.29 is 31.2 Å². The number of alkyl halides is 3. The second kappa shape index (κ2) is 8.49. The lowest BCUT2D eigenvalue weighted by molar-refractivity contribution is -0.126. The molecule has 0 aliphatic heterocycles. The van der Waals surface area contributed by atoms with Crippen LogP contribution in [0.5, 0.6) is 0 Å². The van der Waals surface area contributed by atoms with E-state index in [9.17, 15) is 31.2 Å². The third-order valence-electron chi connectivity index (χ3n) is 3.20. The number of hydrogen-bond donors (Lipinski definition) is 3. The molecule has 2 amide bonds. The van der Waals surface area contributed by atoms with E-state index in [0.29, 0.717) is 0 Å². The maximum Gasteiger partial charge on any atom is 0.402 e. The molecule has 0 heterocycles. The fourth-order valence-electron chi connectivity index (χ4n) is 1.95. The van der Waals surface area contributed by atoms with Crippen molar-refractivity contribution >= 4 is 27.5 Å². The van der Waals surface area contributed by atoms with Gasteiger partial charge in [-0.15, -0.1) is 0 Å². The Morgan fingerprint density at radius 1 is 1.12 bits per heavy atom. The average molecular weight is 395 g/mol. The average Bonchev–Trinajstić information content (AvgIpc) is 2.50. The van der Waals surface area contributed by atoms with Crippen molar-refractivity contribution in [3.05, 3.63) is 24.3 Å². The van der Waals surface area contributed by atoms with Gasteiger partial charge in [0.2, 0.25) is 21.8 Å². The molecule has 0 bridgehead atoms. The molecule has 1 rings (SSSR count). The number of benzene rings is 1. The van der Waals surface area contributed by atoms with Gasteiger partial charge >= 0.3 is 6.18 Å². The van der Waals surface area contributed by atoms with E-state index in [1.54, 1.807) is 13.8 Å². The van der Waals surface area contributed by atoms with Crippen LogP contribution >= 0.6 is 0 Å². The van der Waals surface area contributed by atoms with Crippen LogP contribution in [0.4, 0.5) is 18.9 Å². The van der Waals surface area contributed by atoms with Crippen molar-refractivity contribution in [1.82, 2.24) is 10.0 Å². The van der Waals surface area contributed by atoms with Crippen LogP contribution in [-0.2, 0) is 19.6 Å². The molecule has 0 saturated heterocycles. The molecule has 0 aliphatic carbocycles. The van der Waals surface area contributed by atoms with Gasteiger partial charge in [0.1, 0.15) is 12.6 Å². The van der Waals surface area contributed by atoms with E-state index in [1.807, 2.05) is 0 Å². The lowest BCUT2D eigenvalue weighted by atomic mass is 10.0. The number of carbonyl (C=O) groups excluding carboxylic acids is 2. The van der Waals surface area contributed by atoms with Crippen molar-refractivity contribution in [3.63, 3.8) is 0 Å². The van der Waals surface area contributed by atoms with E-state index in [1.165, 1.54) is 23.8 Å². The van der Waals surface area contributed by atoms with E-state index >= 15 is 0 Å². The van der Waals surface area contributed by atoms with Gasteiger partial charge in [-0.2, -0.15) is 13.2 Å². The Morgan fingerprint density at radius 2 is 1.65 bits per heavy atom. The maximum atomic E-state index is 12.2. The van der Waals surface area contributed by atoms with Crippen LogP contribution < -0.4 is 15.4 Å². The number of sulfonamides is 1. The molecule has 1 atom stereocenters. The molecule has 7 nitrogen and oxygen atoms in total. The Morgan fingerprint density at radius 3 is 2.08 bits per heavy atom. The highest BCUT2D eigenvalue weighted by Crippen LogP contribution is 2.17. The molecule has 0 fully saturated rings. The lowest BCUT2D eigenvalue weighted by Crippen LogP contribution is -2.46. The summed E-state index contributed by atoms with van der Waals surface area (Å²) >= 11 is 0. The topological polar surface area (TPSA) is 104 Å². The Hall–Kier alpha value is -2.14. The van der Waals surface area contributed by atoms with Crippen LogP contribution in [0.15, 0.2) is 29.2 Å². The number of anilines is 1. The van der Waals surface area contributed by atoms with Gasteiger partial charge in [-0.3, -0.25) is 9.59 Å².